The average Bonchev–Trinajstić information content (AvgIpc) is 2.45. The molecule has 1 aliphatic rings. The van der Waals surface area contributed by atoms with Crippen molar-refractivity contribution in [3.8, 4) is 0 Å². The van der Waals surface area contributed by atoms with E-state index in [1.165, 1.54) is 6.92 Å². The minimum Gasteiger partial charge on any atom is -0.448 e. The molecule has 9 nitrogen and oxygen atoms in total. The van der Waals surface area contributed by atoms with Gasteiger partial charge in [-0.15, -0.1) is 0 Å². The van der Waals surface area contributed by atoms with Crippen molar-refractivity contribution in [2.24, 2.45) is 5.41 Å². The zero-order valence-corrected chi connectivity index (χ0v) is 15.6. The van der Waals surface area contributed by atoms with Crippen LogP contribution < -0.4 is 5.32 Å². The predicted molar refractivity (Wildman–Crippen MR) is 87.1 cm³/mol. The van der Waals surface area contributed by atoms with Gasteiger partial charge in [0.25, 0.3) is 10.1 Å². The Labute approximate surface area is 147 Å². The number of ether oxygens (including phenoxy) is 2. The molecule has 0 aromatic rings. The summed E-state index contributed by atoms with van der Waals surface area (Å²) in [6.07, 6.45) is -1.68. The Morgan fingerprint density at radius 2 is 1.88 bits per heavy atom. The van der Waals surface area contributed by atoms with E-state index >= 15 is 0 Å². The fourth-order valence-electron chi connectivity index (χ4n) is 2.76. The molecule has 0 aromatic carbocycles. The van der Waals surface area contributed by atoms with Crippen molar-refractivity contribution in [1.29, 1.82) is 0 Å². The van der Waals surface area contributed by atoms with Gasteiger partial charge in [-0.3, -0.25) is 9.35 Å². The molecule has 0 bridgehead atoms. The van der Waals surface area contributed by atoms with E-state index in [-0.39, 0.29) is 18.7 Å². The molecule has 25 heavy (non-hydrogen) atoms. The third-order valence-corrected chi connectivity index (χ3v) is 4.71. The van der Waals surface area contributed by atoms with Crippen molar-refractivity contribution in [1.82, 2.24) is 5.32 Å². The molecule has 2 N–H and O–H groups in total. The smallest absolute Gasteiger partial charge is 0.348 e. The summed E-state index contributed by atoms with van der Waals surface area (Å²) >= 11 is 0. The number of carbonyl (C=O) groups is 3. The molecule has 1 saturated heterocycles. The molecule has 0 aromatic heterocycles. The molecular weight excluding hydrogens is 354 g/mol. The van der Waals surface area contributed by atoms with Gasteiger partial charge in [0, 0.05) is 18.4 Å². The number of esters is 2. The Bertz CT molecular complexity index is 627. The van der Waals surface area contributed by atoms with E-state index in [0.717, 1.165) is 0 Å². The molecule has 10 heteroatoms. The van der Waals surface area contributed by atoms with E-state index in [1.807, 2.05) is 0 Å². The Balaban J connectivity index is 2.87. The number of amides is 1. The van der Waals surface area contributed by atoms with Crippen LogP contribution in [0, 0.1) is 5.41 Å². The Morgan fingerprint density at radius 3 is 2.36 bits per heavy atom. The van der Waals surface area contributed by atoms with Gasteiger partial charge >= 0.3 is 11.9 Å². The standard InChI is InChI=1S/C15H25NO8S/c1-5-11-13(18)24-12(14(19)23-11)15(3,4)8-10(16-9(2)17)6-7-25(20,21)22/h10-12H,5-8H2,1-4H3,(H,16,17)(H,20,21,22)/t10?,11?,12-/m0/s1. The van der Waals surface area contributed by atoms with Gasteiger partial charge in [0.1, 0.15) is 0 Å². The second-order valence-corrected chi connectivity index (χ2v) is 8.39. The van der Waals surface area contributed by atoms with E-state index in [9.17, 15) is 22.8 Å². The summed E-state index contributed by atoms with van der Waals surface area (Å²) in [5, 5.41) is 2.59. The minimum atomic E-state index is -4.19. The van der Waals surface area contributed by atoms with Crippen molar-refractivity contribution >= 4 is 28.0 Å². The predicted octanol–water partition coefficient (Wildman–Crippen LogP) is 0.433. The summed E-state index contributed by atoms with van der Waals surface area (Å²) in [5.41, 5.74) is -0.919. The van der Waals surface area contributed by atoms with Crippen LogP contribution in [0.4, 0.5) is 0 Å². The average molecular weight is 379 g/mol. The molecular formula is C15H25NO8S. The zero-order chi connectivity index (χ0) is 19.4. The molecule has 3 atom stereocenters. The van der Waals surface area contributed by atoms with Crippen molar-refractivity contribution in [3.63, 3.8) is 0 Å². The Hall–Kier alpha value is -1.68. The molecule has 1 aliphatic heterocycles. The van der Waals surface area contributed by atoms with Gasteiger partial charge in [0.15, 0.2) is 6.10 Å². The van der Waals surface area contributed by atoms with Gasteiger partial charge in [-0.05, 0) is 19.3 Å². The maximum atomic E-state index is 12.2. The molecule has 144 valence electrons. The number of hydrogen-bond acceptors (Lipinski definition) is 7. The lowest BCUT2D eigenvalue weighted by atomic mass is 9.79. The van der Waals surface area contributed by atoms with Gasteiger partial charge in [-0.2, -0.15) is 8.42 Å². The summed E-state index contributed by atoms with van der Waals surface area (Å²) in [4.78, 5) is 35.4. The highest BCUT2D eigenvalue weighted by Crippen LogP contribution is 2.34. The number of hydrogen-bond donors (Lipinski definition) is 2. The highest BCUT2D eigenvalue weighted by atomic mass is 32.2. The molecule has 1 rings (SSSR count). The number of cyclic esters (lactones) is 2. The second-order valence-electron chi connectivity index (χ2n) is 6.82. The molecule has 1 heterocycles. The topological polar surface area (TPSA) is 136 Å². The summed E-state index contributed by atoms with van der Waals surface area (Å²) in [6, 6.07) is -0.634. The molecule has 2 unspecified atom stereocenters. The first-order valence-corrected chi connectivity index (χ1v) is 9.60. The van der Waals surface area contributed by atoms with Gasteiger partial charge in [0.2, 0.25) is 12.0 Å². The lowest BCUT2D eigenvalue weighted by molar-refractivity contribution is -0.204. The molecule has 1 fully saturated rings. The highest BCUT2D eigenvalue weighted by molar-refractivity contribution is 7.85. The van der Waals surface area contributed by atoms with Crippen LogP contribution in [0.5, 0.6) is 0 Å². The second kappa shape index (κ2) is 8.13. The normalized spacial score (nSPS) is 22.8. The SMILES string of the molecule is CCC1OC(=O)[C@@H](C(C)(C)CC(CCS(=O)(=O)O)NC(C)=O)OC1=O. The molecule has 0 saturated carbocycles. The van der Waals surface area contributed by atoms with Crippen LogP contribution in [-0.2, 0) is 34.0 Å². The molecule has 0 radical (unpaired) electrons. The number of rotatable bonds is 8. The molecule has 1 amide bonds. The monoisotopic (exact) mass is 379 g/mol. The van der Waals surface area contributed by atoms with Crippen molar-refractivity contribution in [2.45, 2.75) is 65.2 Å². The summed E-state index contributed by atoms with van der Waals surface area (Å²) in [7, 11) is -4.19. The quantitative estimate of drug-likeness (QED) is 0.458. The van der Waals surface area contributed by atoms with Crippen LogP contribution in [0.1, 0.15) is 47.0 Å². The van der Waals surface area contributed by atoms with Crippen LogP contribution in [0.15, 0.2) is 0 Å². The minimum absolute atomic E-state index is 0.0465. The first kappa shape index (κ1) is 21.4. The first-order chi connectivity index (χ1) is 11.4. The van der Waals surface area contributed by atoms with Crippen molar-refractivity contribution in [2.75, 3.05) is 5.75 Å². The maximum absolute atomic E-state index is 12.2. The van der Waals surface area contributed by atoms with Crippen LogP contribution in [0.2, 0.25) is 0 Å². The van der Waals surface area contributed by atoms with Crippen LogP contribution in [0.25, 0.3) is 0 Å². The van der Waals surface area contributed by atoms with E-state index in [0.29, 0.717) is 6.42 Å². The lowest BCUT2D eigenvalue weighted by Gasteiger charge is -2.38. The third-order valence-electron chi connectivity index (χ3n) is 3.95. The number of nitrogens with one attached hydrogen (secondary N) is 1. The fraction of sp³-hybridized carbons (Fsp3) is 0.800. The van der Waals surface area contributed by atoms with Crippen LogP contribution >= 0.6 is 0 Å². The van der Waals surface area contributed by atoms with Crippen molar-refractivity contribution in [3.05, 3.63) is 0 Å². The summed E-state index contributed by atoms with van der Waals surface area (Å²) in [5.74, 6) is -2.23. The molecule has 0 aliphatic carbocycles. The third kappa shape index (κ3) is 6.62. The van der Waals surface area contributed by atoms with Crippen molar-refractivity contribution < 1.29 is 36.8 Å². The summed E-state index contributed by atoms with van der Waals surface area (Å²) in [6.45, 7) is 6.27. The van der Waals surface area contributed by atoms with E-state index in [1.54, 1.807) is 20.8 Å². The van der Waals surface area contributed by atoms with E-state index < -0.39 is 51.5 Å². The van der Waals surface area contributed by atoms with Crippen LogP contribution in [-0.4, -0.2) is 54.8 Å². The van der Waals surface area contributed by atoms with E-state index in [2.05, 4.69) is 5.32 Å². The fourth-order valence-corrected chi connectivity index (χ4v) is 3.35. The van der Waals surface area contributed by atoms with Gasteiger partial charge in [0.05, 0.1) is 5.75 Å². The summed E-state index contributed by atoms with van der Waals surface area (Å²) < 4.78 is 41.1. The van der Waals surface area contributed by atoms with E-state index in [4.69, 9.17) is 14.0 Å². The maximum Gasteiger partial charge on any atom is 0.348 e. The number of carbonyl (C=O) groups excluding carboxylic acids is 3. The van der Waals surface area contributed by atoms with Gasteiger partial charge < -0.3 is 14.8 Å². The van der Waals surface area contributed by atoms with Gasteiger partial charge in [-0.25, -0.2) is 9.59 Å². The Kier molecular flexibility index (Phi) is 6.95. The Morgan fingerprint density at radius 1 is 1.28 bits per heavy atom. The largest absolute Gasteiger partial charge is 0.448 e. The first-order valence-electron chi connectivity index (χ1n) is 7.99. The van der Waals surface area contributed by atoms with Gasteiger partial charge in [-0.1, -0.05) is 20.8 Å². The van der Waals surface area contributed by atoms with Crippen LogP contribution in [0.3, 0.4) is 0 Å². The highest BCUT2D eigenvalue weighted by Gasteiger charge is 2.46. The lowest BCUT2D eigenvalue weighted by Crippen LogP contribution is -2.52. The zero-order valence-electron chi connectivity index (χ0n) is 14.8. The molecule has 0 spiro atoms.